The molecule has 2 aromatic carbocycles. The third-order valence-electron chi connectivity index (χ3n) is 4.71. The van der Waals surface area contributed by atoms with Gasteiger partial charge in [-0.05, 0) is 38.1 Å². The lowest BCUT2D eigenvalue weighted by atomic mass is 10.1. The average molecular weight is 453 g/mol. The Labute approximate surface area is 183 Å². The number of ether oxygens (including phenoxy) is 1. The highest BCUT2D eigenvalue weighted by molar-refractivity contribution is 7.86. The molecule has 0 aliphatic carbocycles. The Morgan fingerprint density at radius 1 is 1.10 bits per heavy atom. The zero-order valence-electron chi connectivity index (χ0n) is 18.3. The van der Waals surface area contributed by atoms with Crippen molar-refractivity contribution in [3.63, 3.8) is 0 Å². The number of carbonyl (C=O) groups excluding carboxylic acids is 1. The Morgan fingerprint density at radius 2 is 1.81 bits per heavy atom. The number of benzene rings is 2. The van der Waals surface area contributed by atoms with E-state index in [0.717, 1.165) is 25.0 Å². The van der Waals surface area contributed by atoms with Crippen LogP contribution in [-0.4, -0.2) is 58.8 Å². The maximum atomic E-state index is 13.6. The van der Waals surface area contributed by atoms with Gasteiger partial charge in [0.05, 0.1) is 12.9 Å². The van der Waals surface area contributed by atoms with Gasteiger partial charge in [-0.25, -0.2) is 4.39 Å². The van der Waals surface area contributed by atoms with E-state index in [1.54, 1.807) is 12.1 Å². The molecule has 0 heterocycles. The van der Waals surface area contributed by atoms with Crippen LogP contribution >= 0.6 is 0 Å². The molecule has 31 heavy (non-hydrogen) atoms. The number of methoxy groups -OCH3 is 1. The van der Waals surface area contributed by atoms with Crippen LogP contribution in [0.5, 0.6) is 5.75 Å². The minimum Gasteiger partial charge on any atom is -0.383 e. The van der Waals surface area contributed by atoms with Crippen LogP contribution in [-0.2, 0) is 21.4 Å². The minimum absolute atomic E-state index is 0.0715. The predicted molar refractivity (Wildman–Crippen MR) is 118 cm³/mol. The number of hydrogen-bond donors (Lipinski definition) is 0. The molecule has 1 amide bonds. The number of amides is 1. The Morgan fingerprint density at radius 3 is 2.39 bits per heavy atom. The molecule has 0 aliphatic rings. The van der Waals surface area contributed by atoms with Crippen LogP contribution in [0.4, 0.5) is 10.1 Å². The summed E-state index contributed by atoms with van der Waals surface area (Å²) in [4.78, 5) is 16.5. The highest BCUT2D eigenvalue weighted by Gasteiger charge is 2.20. The van der Waals surface area contributed by atoms with E-state index in [4.69, 9.17) is 8.92 Å². The fourth-order valence-corrected chi connectivity index (χ4v) is 3.64. The van der Waals surface area contributed by atoms with Crippen LogP contribution in [0.1, 0.15) is 29.8 Å². The second kappa shape index (κ2) is 11.1. The molecule has 0 saturated carbocycles. The first-order valence-corrected chi connectivity index (χ1v) is 11.8. The van der Waals surface area contributed by atoms with Crippen LogP contribution in [0.25, 0.3) is 0 Å². The van der Waals surface area contributed by atoms with Crippen molar-refractivity contribution >= 4 is 21.7 Å². The number of hydrogen-bond acceptors (Lipinski definition) is 6. The van der Waals surface area contributed by atoms with E-state index < -0.39 is 21.8 Å². The quantitative estimate of drug-likeness (QED) is 0.487. The SMILES string of the molecule is CCN(CC)c1ccc(CN(CCOC)C(=O)c2cccc(F)c2)c(OS(C)(=O)=O)c1. The molecule has 0 atom stereocenters. The summed E-state index contributed by atoms with van der Waals surface area (Å²) in [6, 6.07) is 10.7. The summed E-state index contributed by atoms with van der Waals surface area (Å²) in [5, 5.41) is 0. The van der Waals surface area contributed by atoms with Gasteiger partial charge in [-0.2, -0.15) is 8.42 Å². The molecule has 0 N–H and O–H groups in total. The summed E-state index contributed by atoms with van der Waals surface area (Å²) in [7, 11) is -2.27. The highest BCUT2D eigenvalue weighted by atomic mass is 32.2. The van der Waals surface area contributed by atoms with Crippen molar-refractivity contribution in [2.24, 2.45) is 0 Å². The largest absolute Gasteiger partial charge is 0.383 e. The molecule has 0 fully saturated rings. The second-order valence-electron chi connectivity index (χ2n) is 6.98. The summed E-state index contributed by atoms with van der Waals surface area (Å²) < 4.78 is 47.7. The normalized spacial score (nSPS) is 11.3. The Balaban J connectivity index is 2.42. The van der Waals surface area contributed by atoms with Crippen molar-refractivity contribution < 1.29 is 26.5 Å². The summed E-state index contributed by atoms with van der Waals surface area (Å²) in [5.74, 6) is -0.752. The van der Waals surface area contributed by atoms with Gasteiger partial charge >= 0.3 is 10.1 Å². The van der Waals surface area contributed by atoms with Crippen LogP contribution in [0, 0.1) is 5.82 Å². The van der Waals surface area contributed by atoms with E-state index >= 15 is 0 Å². The minimum atomic E-state index is -3.78. The standard InChI is InChI=1S/C22H29FN2O5S/c1-5-24(6-2)20-11-10-18(21(15-20)30-31(4,27)28)16-25(12-13-29-3)22(26)17-8-7-9-19(23)14-17/h7-11,14-15H,5-6,12-13,16H2,1-4H3. The third kappa shape index (κ3) is 7.22. The van der Waals surface area contributed by atoms with Gasteiger partial charge in [0.1, 0.15) is 11.6 Å². The van der Waals surface area contributed by atoms with Gasteiger partial charge in [-0.15, -0.1) is 0 Å². The summed E-state index contributed by atoms with van der Waals surface area (Å²) >= 11 is 0. The van der Waals surface area contributed by atoms with E-state index in [9.17, 15) is 17.6 Å². The lowest BCUT2D eigenvalue weighted by molar-refractivity contribution is 0.0679. The van der Waals surface area contributed by atoms with Crippen molar-refractivity contribution in [3.05, 3.63) is 59.4 Å². The van der Waals surface area contributed by atoms with Gasteiger partial charge in [0, 0.05) is 56.2 Å². The van der Waals surface area contributed by atoms with Crippen molar-refractivity contribution in [1.29, 1.82) is 0 Å². The number of anilines is 1. The number of nitrogens with zero attached hydrogens (tertiary/aromatic N) is 2. The van der Waals surface area contributed by atoms with Gasteiger partial charge in [0.15, 0.2) is 0 Å². The van der Waals surface area contributed by atoms with E-state index in [1.165, 1.54) is 36.3 Å². The van der Waals surface area contributed by atoms with E-state index in [0.29, 0.717) is 5.56 Å². The van der Waals surface area contributed by atoms with Gasteiger partial charge in [0.25, 0.3) is 5.91 Å². The number of halogens is 1. The molecule has 0 radical (unpaired) electrons. The molecule has 9 heteroatoms. The maximum absolute atomic E-state index is 13.6. The second-order valence-corrected chi connectivity index (χ2v) is 8.56. The van der Waals surface area contributed by atoms with Crippen molar-refractivity contribution in [1.82, 2.24) is 4.90 Å². The van der Waals surface area contributed by atoms with Crippen LogP contribution in [0.3, 0.4) is 0 Å². The fourth-order valence-electron chi connectivity index (χ4n) is 3.16. The van der Waals surface area contributed by atoms with Gasteiger partial charge in [0.2, 0.25) is 0 Å². The molecule has 7 nitrogen and oxygen atoms in total. The maximum Gasteiger partial charge on any atom is 0.306 e. The lowest BCUT2D eigenvalue weighted by Crippen LogP contribution is -2.33. The Bertz CT molecular complexity index is 993. The fraction of sp³-hybridized carbons (Fsp3) is 0.409. The van der Waals surface area contributed by atoms with Crippen molar-refractivity contribution in [3.8, 4) is 5.75 Å². The molecule has 0 spiro atoms. The third-order valence-corrected chi connectivity index (χ3v) is 5.19. The van der Waals surface area contributed by atoms with E-state index in [2.05, 4.69) is 4.90 Å². The summed E-state index contributed by atoms with van der Waals surface area (Å²) in [5.41, 5.74) is 1.52. The van der Waals surface area contributed by atoms with E-state index in [1.807, 2.05) is 19.9 Å². The van der Waals surface area contributed by atoms with Crippen molar-refractivity contribution in [2.45, 2.75) is 20.4 Å². The van der Waals surface area contributed by atoms with Gasteiger partial charge < -0.3 is 18.7 Å². The molecule has 0 aromatic heterocycles. The van der Waals surface area contributed by atoms with Crippen LogP contribution in [0.15, 0.2) is 42.5 Å². The topological polar surface area (TPSA) is 76.2 Å². The number of rotatable bonds is 11. The lowest BCUT2D eigenvalue weighted by Gasteiger charge is -2.26. The summed E-state index contributed by atoms with van der Waals surface area (Å²) in [6.45, 7) is 6.06. The smallest absolute Gasteiger partial charge is 0.306 e. The molecule has 0 bridgehead atoms. The Kier molecular flexibility index (Phi) is 8.82. The molecule has 0 aliphatic heterocycles. The molecular formula is C22H29FN2O5S. The zero-order chi connectivity index (χ0) is 23.0. The Hall–Kier alpha value is -2.65. The molecule has 170 valence electrons. The molecule has 0 unspecified atom stereocenters. The van der Waals surface area contributed by atoms with Crippen LogP contribution < -0.4 is 9.08 Å². The molecular weight excluding hydrogens is 423 g/mol. The molecule has 0 saturated heterocycles. The monoisotopic (exact) mass is 452 g/mol. The average Bonchev–Trinajstić information content (AvgIpc) is 2.71. The van der Waals surface area contributed by atoms with Crippen LogP contribution in [0.2, 0.25) is 0 Å². The number of carbonyl (C=O) groups is 1. The zero-order valence-corrected chi connectivity index (χ0v) is 19.1. The predicted octanol–water partition coefficient (Wildman–Crippen LogP) is 3.30. The van der Waals surface area contributed by atoms with E-state index in [-0.39, 0.29) is 31.0 Å². The summed E-state index contributed by atoms with van der Waals surface area (Å²) in [6.07, 6.45) is 0.974. The first-order valence-electron chi connectivity index (χ1n) is 9.99. The molecule has 2 rings (SSSR count). The van der Waals surface area contributed by atoms with Crippen molar-refractivity contribution in [2.75, 3.05) is 44.5 Å². The first kappa shape index (κ1) is 24.6. The highest BCUT2D eigenvalue weighted by Crippen LogP contribution is 2.28. The van der Waals surface area contributed by atoms with Gasteiger partial charge in [-0.1, -0.05) is 12.1 Å². The first-order chi connectivity index (χ1) is 14.7. The molecule has 2 aromatic rings. The van der Waals surface area contributed by atoms with Gasteiger partial charge in [-0.3, -0.25) is 4.79 Å².